The van der Waals surface area contributed by atoms with Crippen LogP contribution >= 0.6 is 0 Å². The van der Waals surface area contributed by atoms with Crippen LogP contribution in [0.1, 0.15) is 169 Å². The summed E-state index contributed by atoms with van der Waals surface area (Å²) < 4.78 is 23.7. The molecule has 0 aromatic rings. The first-order valence-electron chi connectivity index (χ1n) is 19.0. The van der Waals surface area contributed by atoms with Gasteiger partial charge >= 0.3 is 5.97 Å². The summed E-state index contributed by atoms with van der Waals surface area (Å²) >= 11 is 0. The van der Waals surface area contributed by atoms with E-state index in [0.717, 1.165) is 64.2 Å². The number of hydrogen-bond acceptors (Lipinski definition) is 8. The van der Waals surface area contributed by atoms with Crippen molar-refractivity contribution in [3.8, 4) is 0 Å². The summed E-state index contributed by atoms with van der Waals surface area (Å²) in [5, 5.41) is 32.0. The number of hydrogen-bond donors (Lipinski definition) is 3. The van der Waals surface area contributed by atoms with E-state index in [9.17, 15) is 20.1 Å². The number of unbranched alkanes of at least 4 members (excludes halogenated alkanes) is 11. The Kier molecular flexibility index (Phi) is 18.1. The van der Waals surface area contributed by atoms with Crippen molar-refractivity contribution in [3.05, 3.63) is 11.6 Å². The van der Waals surface area contributed by atoms with Gasteiger partial charge in [-0.3, -0.25) is 0 Å². The lowest BCUT2D eigenvalue weighted by Gasteiger charge is -2.23. The van der Waals surface area contributed by atoms with Crippen molar-refractivity contribution in [2.75, 3.05) is 0 Å². The zero-order valence-corrected chi connectivity index (χ0v) is 29.6. The van der Waals surface area contributed by atoms with Crippen LogP contribution in [0.4, 0.5) is 0 Å². The van der Waals surface area contributed by atoms with E-state index < -0.39 is 24.1 Å². The van der Waals surface area contributed by atoms with E-state index >= 15 is 0 Å². The first kappa shape index (κ1) is 39.4. The van der Waals surface area contributed by atoms with Gasteiger partial charge in [0.2, 0.25) is 0 Å². The van der Waals surface area contributed by atoms with Crippen LogP contribution in [0.2, 0.25) is 0 Å². The highest BCUT2D eigenvalue weighted by Gasteiger charge is 2.41. The van der Waals surface area contributed by atoms with Crippen molar-refractivity contribution in [1.29, 1.82) is 0 Å². The third-order valence-corrected chi connectivity index (χ3v) is 10.0. The van der Waals surface area contributed by atoms with Gasteiger partial charge in [-0.2, -0.15) is 0 Å². The largest absolute Gasteiger partial charge is 0.455 e. The average Bonchev–Trinajstić information content (AvgIpc) is 3.70. The molecule has 0 radical (unpaired) electrons. The molecule has 3 aliphatic rings. The van der Waals surface area contributed by atoms with Gasteiger partial charge in [0.1, 0.15) is 6.10 Å². The number of carbonyl (C=O) groups excluding carboxylic acids is 1. The molecule has 0 spiro atoms. The van der Waals surface area contributed by atoms with Crippen LogP contribution in [0.5, 0.6) is 0 Å². The molecule has 0 amide bonds. The average molecular weight is 653 g/mol. The zero-order chi connectivity index (χ0) is 33.4. The molecule has 0 saturated carbocycles. The van der Waals surface area contributed by atoms with Crippen molar-refractivity contribution < 1.29 is 39.1 Å². The Bertz CT molecular complexity index is 875. The third-order valence-electron chi connectivity index (χ3n) is 10.0. The molecule has 2 saturated heterocycles. The second-order valence-electron chi connectivity index (χ2n) is 14.8. The van der Waals surface area contributed by atoms with Crippen LogP contribution < -0.4 is 0 Å². The van der Waals surface area contributed by atoms with E-state index in [1.165, 1.54) is 57.8 Å². The number of esters is 1. The number of aliphatic hydroxyl groups excluding tert-OH is 3. The van der Waals surface area contributed by atoms with Gasteiger partial charge in [0, 0.05) is 12.0 Å². The monoisotopic (exact) mass is 652 g/mol. The molecular formula is C38H68O8. The topological polar surface area (TPSA) is 115 Å². The van der Waals surface area contributed by atoms with Crippen LogP contribution in [-0.4, -0.2) is 75.9 Å². The van der Waals surface area contributed by atoms with Crippen molar-refractivity contribution >= 4 is 5.97 Å². The molecule has 0 bridgehead atoms. The van der Waals surface area contributed by atoms with E-state index in [4.69, 9.17) is 18.9 Å². The lowest BCUT2D eigenvalue weighted by Crippen LogP contribution is -2.31. The fourth-order valence-electron chi connectivity index (χ4n) is 7.43. The Labute approximate surface area is 280 Å². The summed E-state index contributed by atoms with van der Waals surface area (Å²) in [5.74, 6) is -0.920. The molecule has 8 nitrogen and oxygen atoms in total. The fraction of sp³-hybridized carbons (Fsp3) is 0.921. The molecule has 268 valence electrons. The van der Waals surface area contributed by atoms with Gasteiger partial charge in [-0.25, -0.2) is 4.79 Å². The van der Waals surface area contributed by atoms with Gasteiger partial charge in [-0.15, -0.1) is 0 Å². The van der Waals surface area contributed by atoms with Gasteiger partial charge in [-0.1, -0.05) is 90.4 Å². The Morgan fingerprint density at radius 3 is 1.80 bits per heavy atom. The van der Waals surface area contributed by atoms with E-state index in [2.05, 4.69) is 6.92 Å². The van der Waals surface area contributed by atoms with E-state index in [1.54, 1.807) is 6.08 Å². The van der Waals surface area contributed by atoms with Crippen LogP contribution in [0.25, 0.3) is 0 Å². The van der Waals surface area contributed by atoms with Gasteiger partial charge < -0.3 is 34.3 Å². The second kappa shape index (κ2) is 21.1. The maximum Gasteiger partial charge on any atom is 0.334 e. The third kappa shape index (κ3) is 14.6. The minimum absolute atomic E-state index is 0.00442. The molecule has 8 heteroatoms. The molecule has 3 heterocycles. The van der Waals surface area contributed by atoms with E-state index in [1.807, 2.05) is 20.8 Å². The Morgan fingerprint density at radius 1 is 0.739 bits per heavy atom. The number of carbonyl (C=O) groups is 1. The van der Waals surface area contributed by atoms with E-state index in [0.29, 0.717) is 24.8 Å². The normalized spacial score (nSPS) is 27.9. The zero-order valence-electron chi connectivity index (χ0n) is 29.6. The highest BCUT2D eigenvalue weighted by Crippen LogP contribution is 2.35. The highest BCUT2D eigenvalue weighted by atomic mass is 16.7. The van der Waals surface area contributed by atoms with Gasteiger partial charge in [0.15, 0.2) is 5.79 Å². The minimum atomic E-state index is -0.614. The maximum absolute atomic E-state index is 11.8. The molecule has 0 aliphatic carbocycles. The first-order chi connectivity index (χ1) is 22.1. The summed E-state index contributed by atoms with van der Waals surface area (Å²) in [7, 11) is 0. The first-order valence-corrected chi connectivity index (χ1v) is 19.0. The van der Waals surface area contributed by atoms with Gasteiger partial charge in [0.05, 0.1) is 42.7 Å². The molecule has 3 rings (SSSR count). The summed E-state index contributed by atoms with van der Waals surface area (Å²) in [4.78, 5) is 11.8. The molecular weight excluding hydrogens is 584 g/mol. The number of rotatable bonds is 25. The van der Waals surface area contributed by atoms with Crippen LogP contribution in [0, 0.1) is 0 Å². The Hall–Kier alpha value is -1.03. The number of cyclic esters (lactones) is 1. The molecule has 0 aromatic heterocycles. The van der Waals surface area contributed by atoms with Crippen molar-refractivity contribution in [2.24, 2.45) is 0 Å². The predicted octanol–water partition coefficient (Wildman–Crippen LogP) is 7.83. The minimum Gasteiger partial charge on any atom is -0.455 e. The molecule has 0 aromatic carbocycles. The summed E-state index contributed by atoms with van der Waals surface area (Å²) in [6, 6.07) is 0. The van der Waals surface area contributed by atoms with Crippen molar-refractivity contribution in [2.45, 2.75) is 224 Å². The standard InChI is InChI=1S/C38H68O8/c1-5-6-7-8-9-10-11-12-13-16-20-31(40)33-24-25-34(44-33)32(41)21-18-23-36-35(45-38(3,4)46-36)22-17-14-15-19-30(39)27-29-26-28(2)43-37(29)42/h26,28,30-36,39-41H,5-25,27H2,1-4H3/t28?,30?,31-,32-,33-,34-,35+,36-/m1/s1. The SMILES string of the molecule is CCCCCCCCCCCC[C@@H](O)[C@H]1CC[C@H]([C@H](O)CCC[C@H]2OC(C)(C)O[C@H]2CCCCCC(O)CC2=CC(C)OC2=O)O1. The van der Waals surface area contributed by atoms with Crippen LogP contribution in [0.15, 0.2) is 11.6 Å². The maximum atomic E-state index is 11.8. The lowest BCUT2D eigenvalue weighted by molar-refractivity contribution is -0.147. The van der Waals surface area contributed by atoms with Gasteiger partial charge in [0.25, 0.3) is 0 Å². The number of ether oxygens (including phenoxy) is 4. The Balaban J connectivity index is 1.24. The number of aliphatic hydroxyl groups is 3. The fourth-order valence-corrected chi connectivity index (χ4v) is 7.43. The smallest absolute Gasteiger partial charge is 0.334 e. The Morgan fingerprint density at radius 2 is 1.24 bits per heavy atom. The van der Waals surface area contributed by atoms with Gasteiger partial charge in [-0.05, 0) is 78.2 Å². The summed E-state index contributed by atoms with van der Waals surface area (Å²) in [6.07, 6.45) is 22.1. The molecule has 8 atom stereocenters. The quantitative estimate of drug-likeness (QED) is 0.0675. The van der Waals surface area contributed by atoms with Crippen molar-refractivity contribution in [1.82, 2.24) is 0 Å². The van der Waals surface area contributed by atoms with E-state index in [-0.39, 0.29) is 36.5 Å². The summed E-state index contributed by atoms with van der Waals surface area (Å²) in [5.41, 5.74) is 0.586. The summed E-state index contributed by atoms with van der Waals surface area (Å²) in [6.45, 7) is 8.01. The van der Waals surface area contributed by atoms with Crippen LogP contribution in [-0.2, 0) is 23.7 Å². The lowest BCUT2D eigenvalue weighted by atomic mass is 9.97. The highest BCUT2D eigenvalue weighted by molar-refractivity contribution is 5.90. The second-order valence-corrected chi connectivity index (χ2v) is 14.8. The molecule has 3 N–H and O–H groups in total. The van der Waals surface area contributed by atoms with Crippen molar-refractivity contribution in [3.63, 3.8) is 0 Å². The van der Waals surface area contributed by atoms with Crippen LogP contribution in [0.3, 0.4) is 0 Å². The molecule has 2 unspecified atom stereocenters. The predicted molar refractivity (Wildman–Crippen MR) is 181 cm³/mol. The molecule has 3 aliphatic heterocycles. The molecule has 2 fully saturated rings. The molecule has 46 heavy (non-hydrogen) atoms.